The first-order valence-electron chi connectivity index (χ1n) is 5.68. The minimum Gasteiger partial charge on any atom is -0.446 e. The lowest BCUT2D eigenvalue weighted by atomic mass is 10.1. The highest BCUT2D eigenvalue weighted by Gasteiger charge is 2.17. The highest BCUT2D eigenvalue weighted by Crippen LogP contribution is 2.21. The Labute approximate surface area is 105 Å². The van der Waals surface area contributed by atoms with Crippen LogP contribution < -0.4 is 10.6 Å². The predicted octanol–water partition coefficient (Wildman–Crippen LogP) is 2.64. The van der Waals surface area contributed by atoms with Gasteiger partial charge in [-0.05, 0) is 38.1 Å². The van der Waals surface area contributed by atoms with E-state index < -0.39 is 6.09 Å². The molecule has 0 bridgehead atoms. The quantitative estimate of drug-likeness (QED) is 0.853. The van der Waals surface area contributed by atoms with Gasteiger partial charge in [0.1, 0.15) is 6.10 Å². The van der Waals surface area contributed by atoms with Crippen LogP contribution in [-0.4, -0.2) is 25.3 Å². The van der Waals surface area contributed by atoms with Crippen molar-refractivity contribution in [2.45, 2.75) is 18.9 Å². The standard InChI is InChI=1S/C12H15ClN2O2/c13-10-3-1-2-4-11(10)15-12(16)17-9-5-7-14-8-6-9/h1-4,9,14H,5-8H2,(H,15,16). The Morgan fingerprint density at radius 1 is 1.35 bits per heavy atom. The average Bonchev–Trinajstić information content (AvgIpc) is 2.33. The molecule has 1 saturated heterocycles. The maximum absolute atomic E-state index is 11.6. The summed E-state index contributed by atoms with van der Waals surface area (Å²) in [6.45, 7) is 1.79. The Morgan fingerprint density at radius 3 is 2.76 bits per heavy atom. The molecule has 2 rings (SSSR count). The van der Waals surface area contributed by atoms with Gasteiger partial charge in [-0.1, -0.05) is 23.7 Å². The molecule has 5 heteroatoms. The predicted molar refractivity (Wildman–Crippen MR) is 67.4 cm³/mol. The summed E-state index contributed by atoms with van der Waals surface area (Å²) in [6.07, 6.45) is 1.27. The molecule has 1 heterocycles. The fourth-order valence-electron chi connectivity index (χ4n) is 1.77. The Bertz CT molecular complexity index is 392. The summed E-state index contributed by atoms with van der Waals surface area (Å²) < 4.78 is 5.30. The van der Waals surface area contributed by atoms with Crippen LogP contribution in [0.3, 0.4) is 0 Å². The topological polar surface area (TPSA) is 50.4 Å². The average molecular weight is 255 g/mol. The minimum absolute atomic E-state index is 0.00117. The second-order valence-corrected chi connectivity index (χ2v) is 4.37. The molecule has 1 aliphatic rings. The summed E-state index contributed by atoms with van der Waals surface area (Å²) in [7, 11) is 0. The fourth-order valence-corrected chi connectivity index (χ4v) is 1.95. The number of para-hydroxylation sites is 1. The molecule has 1 aromatic rings. The molecular formula is C12H15ClN2O2. The van der Waals surface area contributed by atoms with E-state index in [9.17, 15) is 4.79 Å². The maximum Gasteiger partial charge on any atom is 0.411 e. The molecule has 1 aliphatic heterocycles. The van der Waals surface area contributed by atoms with E-state index in [1.54, 1.807) is 12.1 Å². The molecule has 92 valence electrons. The van der Waals surface area contributed by atoms with Crippen LogP contribution in [0.1, 0.15) is 12.8 Å². The molecule has 0 aliphatic carbocycles. The van der Waals surface area contributed by atoms with Crippen LogP contribution in [0.5, 0.6) is 0 Å². The van der Waals surface area contributed by atoms with Crippen LogP contribution in [0.2, 0.25) is 5.02 Å². The number of carbonyl (C=O) groups is 1. The monoisotopic (exact) mass is 254 g/mol. The zero-order chi connectivity index (χ0) is 12.1. The van der Waals surface area contributed by atoms with Crippen LogP contribution in [-0.2, 0) is 4.74 Å². The molecule has 17 heavy (non-hydrogen) atoms. The Balaban J connectivity index is 1.86. The SMILES string of the molecule is O=C(Nc1ccccc1Cl)OC1CCNCC1. The van der Waals surface area contributed by atoms with E-state index in [-0.39, 0.29) is 6.10 Å². The van der Waals surface area contributed by atoms with Gasteiger partial charge in [-0.3, -0.25) is 5.32 Å². The molecule has 0 atom stereocenters. The van der Waals surface area contributed by atoms with Gasteiger partial charge in [-0.25, -0.2) is 4.79 Å². The van der Waals surface area contributed by atoms with Crippen molar-refractivity contribution in [2.24, 2.45) is 0 Å². The van der Waals surface area contributed by atoms with Crippen LogP contribution in [0.25, 0.3) is 0 Å². The number of carbonyl (C=O) groups excluding carboxylic acids is 1. The number of amides is 1. The van der Waals surface area contributed by atoms with Crippen LogP contribution in [0.15, 0.2) is 24.3 Å². The fraction of sp³-hybridized carbons (Fsp3) is 0.417. The first-order valence-corrected chi connectivity index (χ1v) is 6.06. The molecule has 1 amide bonds. The van der Waals surface area contributed by atoms with Gasteiger partial charge < -0.3 is 10.1 Å². The summed E-state index contributed by atoms with van der Waals surface area (Å²) >= 11 is 5.93. The summed E-state index contributed by atoms with van der Waals surface area (Å²) in [5.41, 5.74) is 0.577. The van der Waals surface area contributed by atoms with Gasteiger partial charge in [0.2, 0.25) is 0 Å². The van der Waals surface area contributed by atoms with Gasteiger partial charge in [0.25, 0.3) is 0 Å². The molecule has 1 fully saturated rings. The van der Waals surface area contributed by atoms with E-state index in [0.29, 0.717) is 10.7 Å². The lowest BCUT2D eigenvalue weighted by Gasteiger charge is -2.22. The van der Waals surface area contributed by atoms with E-state index >= 15 is 0 Å². The Kier molecular flexibility index (Phi) is 4.23. The van der Waals surface area contributed by atoms with Gasteiger partial charge >= 0.3 is 6.09 Å². The van der Waals surface area contributed by atoms with E-state index in [4.69, 9.17) is 16.3 Å². The molecule has 0 radical (unpaired) electrons. The van der Waals surface area contributed by atoms with Crippen molar-refractivity contribution in [1.29, 1.82) is 0 Å². The normalized spacial score (nSPS) is 16.5. The minimum atomic E-state index is -0.440. The van der Waals surface area contributed by atoms with Gasteiger partial charge in [-0.2, -0.15) is 0 Å². The lowest BCUT2D eigenvalue weighted by Crippen LogP contribution is -2.34. The molecule has 0 spiro atoms. The Hall–Kier alpha value is -1.26. The van der Waals surface area contributed by atoms with Crippen LogP contribution >= 0.6 is 11.6 Å². The highest BCUT2D eigenvalue weighted by molar-refractivity contribution is 6.33. The molecule has 2 N–H and O–H groups in total. The molecule has 0 aromatic heterocycles. The van der Waals surface area contributed by atoms with Crippen molar-refractivity contribution in [3.63, 3.8) is 0 Å². The van der Waals surface area contributed by atoms with E-state index in [0.717, 1.165) is 25.9 Å². The summed E-state index contributed by atoms with van der Waals surface area (Å²) in [5.74, 6) is 0. The largest absolute Gasteiger partial charge is 0.446 e. The number of hydrogen-bond donors (Lipinski definition) is 2. The number of piperidine rings is 1. The highest BCUT2D eigenvalue weighted by atomic mass is 35.5. The van der Waals surface area contributed by atoms with E-state index in [2.05, 4.69) is 10.6 Å². The van der Waals surface area contributed by atoms with Gasteiger partial charge in [0.15, 0.2) is 0 Å². The van der Waals surface area contributed by atoms with Crippen molar-refractivity contribution < 1.29 is 9.53 Å². The first kappa shape index (κ1) is 12.2. The number of ether oxygens (including phenoxy) is 1. The van der Waals surface area contributed by atoms with Crippen LogP contribution in [0, 0.1) is 0 Å². The molecule has 1 aromatic carbocycles. The number of anilines is 1. The second kappa shape index (κ2) is 5.89. The number of benzene rings is 1. The Morgan fingerprint density at radius 2 is 2.06 bits per heavy atom. The number of halogens is 1. The van der Waals surface area contributed by atoms with Gasteiger partial charge in [0, 0.05) is 0 Å². The number of nitrogens with one attached hydrogen (secondary N) is 2. The van der Waals surface area contributed by atoms with Crippen molar-refractivity contribution >= 4 is 23.4 Å². The zero-order valence-electron chi connectivity index (χ0n) is 9.41. The number of rotatable bonds is 2. The third-order valence-corrected chi connectivity index (χ3v) is 3.00. The second-order valence-electron chi connectivity index (χ2n) is 3.96. The third kappa shape index (κ3) is 3.61. The van der Waals surface area contributed by atoms with Crippen molar-refractivity contribution in [3.05, 3.63) is 29.3 Å². The lowest BCUT2D eigenvalue weighted by molar-refractivity contribution is 0.0909. The summed E-state index contributed by atoms with van der Waals surface area (Å²) in [5, 5.41) is 6.37. The van der Waals surface area contributed by atoms with Gasteiger partial charge in [-0.15, -0.1) is 0 Å². The smallest absolute Gasteiger partial charge is 0.411 e. The van der Waals surface area contributed by atoms with Gasteiger partial charge in [0.05, 0.1) is 10.7 Å². The van der Waals surface area contributed by atoms with Crippen molar-refractivity contribution in [3.8, 4) is 0 Å². The van der Waals surface area contributed by atoms with E-state index in [1.807, 2.05) is 12.1 Å². The molecular weight excluding hydrogens is 240 g/mol. The molecule has 4 nitrogen and oxygen atoms in total. The summed E-state index contributed by atoms with van der Waals surface area (Å²) in [4.78, 5) is 11.6. The zero-order valence-corrected chi connectivity index (χ0v) is 10.2. The third-order valence-electron chi connectivity index (χ3n) is 2.67. The summed E-state index contributed by atoms with van der Waals surface area (Å²) in [6, 6.07) is 7.09. The molecule has 0 saturated carbocycles. The van der Waals surface area contributed by atoms with E-state index in [1.165, 1.54) is 0 Å². The van der Waals surface area contributed by atoms with Crippen molar-refractivity contribution in [2.75, 3.05) is 18.4 Å². The van der Waals surface area contributed by atoms with Crippen LogP contribution in [0.4, 0.5) is 10.5 Å². The first-order chi connectivity index (χ1) is 8.25. The van der Waals surface area contributed by atoms with Crippen molar-refractivity contribution in [1.82, 2.24) is 5.32 Å². The maximum atomic E-state index is 11.6. The molecule has 0 unspecified atom stereocenters. The number of hydrogen-bond acceptors (Lipinski definition) is 3.